The van der Waals surface area contributed by atoms with Crippen LogP contribution in [0.4, 0.5) is 4.79 Å². The number of fused-ring (bicyclic) bond motifs is 3. The van der Waals surface area contributed by atoms with Gasteiger partial charge in [0.05, 0.1) is 6.04 Å². The molecule has 1 fully saturated rings. The van der Waals surface area contributed by atoms with Crippen LogP contribution in [-0.4, -0.2) is 38.1 Å². The average molecular weight is 339 g/mol. The summed E-state index contributed by atoms with van der Waals surface area (Å²) in [5.41, 5.74) is 3.03. The maximum atomic E-state index is 12.7. The lowest BCUT2D eigenvalue weighted by Crippen LogP contribution is -2.53. The third kappa shape index (κ3) is 3.15. The summed E-state index contributed by atoms with van der Waals surface area (Å²) in [6.07, 6.45) is 12.0. The van der Waals surface area contributed by atoms with E-state index in [2.05, 4.69) is 29.4 Å². The molecule has 2 aliphatic heterocycles. The van der Waals surface area contributed by atoms with Crippen molar-refractivity contribution in [1.82, 2.24) is 14.3 Å². The number of hydrogen-bond acceptors (Lipinski definition) is 3. The monoisotopic (exact) mass is 339 g/mol. The number of carbonyl (C=O) groups is 1. The first-order valence-electron chi connectivity index (χ1n) is 9.06. The zero-order valence-electron chi connectivity index (χ0n) is 15.1. The molecule has 25 heavy (non-hydrogen) atoms. The van der Waals surface area contributed by atoms with Gasteiger partial charge < -0.3 is 9.14 Å². The molecule has 0 saturated carbocycles. The SMILES string of the molecule is CC(C)(C)OC(=O)N1C2C=C(c3ccn4ccnc4c3)CC1CCC2. The van der Waals surface area contributed by atoms with Crippen LogP contribution in [0.2, 0.25) is 0 Å². The van der Waals surface area contributed by atoms with Crippen LogP contribution in [-0.2, 0) is 4.74 Å². The number of ether oxygens (including phenoxy) is 1. The number of piperidine rings is 1. The quantitative estimate of drug-likeness (QED) is 0.779. The van der Waals surface area contributed by atoms with Gasteiger partial charge in [-0.25, -0.2) is 9.78 Å². The molecule has 2 aliphatic rings. The van der Waals surface area contributed by atoms with E-state index in [1.54, 1.807) is 0 Å². The van der Waals surface area contributed by atoms with Crippen molar-refractivity contribution < 1.29 is 9.53 Å². The first kappa shape index (κ1) is 16.2. The number of imidazole rings is 1. The normalized spacial score (nSPS) is 23.5. The second kappa shape index (κ2) is 5.90. The molecule has 0 radical (unpaired) electrons. The fraction of sp³-hybridized carbons (Fsp3) is 0.500. The van der Waals surface area contributed by atoms with Gasteiger partial charge in [-0.1, -0.05) is 6.08 Å². The number of carbonyl (C=O) groups excluding carboxylic acids is 1. The molecule has 2 atom stereocenters. The predicted octanol–water partition coefficient (Wildman–Crippen LogP) is 4.28. The van der Waals surface area contributed by atoms with Crippen molar-refractivity contribution in [3.05, 3.63) is 42.4 Å². The van der Waals surface area contributed by atoms with E-state index >= 15 is 0 Å². The summed E-state index contributed by atoms with van der Waals surface area (Å²) < 4.78 is 7.66. The average Bonchev–Trinajstić information content (AvgIpc) is 2.99. The lowest BCUT2D eigenvalue weighted by atomic mass is 9.83. The van der Waals surface area contributed by atoms with Crippen LogP contribution >= 0.6 is 0 Å². The Kier molecular flexibility index (Phi) is 3.82. The summed E-state index contributed by atoms with van der Waals surface area (Å²) in [7, 11) is 0. The Hall–Kier alpha value is -2.30. The van der Waals surface area contributed by atoms with Crippen molar-refractivity contribution in [3.8, 4) is 0 Å². The first-order chi connectivity index (χ1) is 11.9. The summed E-state index contributed by atoms with van der Waals surface area (Å²) >= 11 is 0. The number of hydrogen-bond donors (Lipinski definition) is 0. The minimum absolute atomic E-state index is 0.133. The van der Waals surface area contributed by atoms with Gasteiger partial charge in [0, 0.05) is 24.6 Å². The fourth-order valence-electron chi connectivity index (χ4n) is 3.95. The molecule has 4 heterocycles. The number of rotatable bonds is 1. The summed E-state index contributed by atoms with van der Waals surface area (Å²) in [4.78, 5) is 19.0. The van der Waals surface area contributed by atoms with Crippen LogP contribution in [0.25, 0.3) is 11.2 Å². The van der Waals surface area contributed by atoms with E-state index < -0.39 is 5.60 Å². The van der Waals surface area contributed by atoms with Crippen LogP contribution in [0.5, 0.6) is 0 Å². The second-order valence-corrected chi connectivity index (χ2v) is 8.04. The molecule has 0 N–H and O–H groups in total. The molecule has 4 rings (SSSR count). The molecule has 2 aromatic heterocycles. The van der Waals surface area contributed by atoms with Crippen molar-refractivity contribution >= 4 is 17.3 Å². The molecule has 0 aliphatic carbocycles. The van der Waals surface area contributed by atoms with Gasteiger partial charge in [-0.05, 0) is 69.7 Å². The number of aromatic nitrogens is 2. The third-order valence-corrected chi connectivity index (χ3v) is 5.01. The van der Waals surface area contributed by atoms with Crippen molar-refractivity contribution in [2.24, 2.45) is 0 Å². The summed E-state index contributed by atoms with van der Waals surface area (Å²) in [6.45, 7) is 5.77. The lowest BCUT2D eigenvalue weighted by Gasteiger charge is -2.45. The Morgan fingerprint density at radius 3 is 2.88 bits per heavy atom. The number of nitrogens with zero attached hydrogens (tertiary/aromatic N) is 3. The predicted molar refractivity (Wildman–Crippen MR) is 97.3 cm³/mol. The van der Waals surface area contributed by atoms with Crippen LogP contribution in [0.3, 0.4) is 0 Å². The van der Waals surface area contributed by atoms with Crippen molar-refractivity contribution in [2.45, 2.75) is 64.1 Å². The van der Waals surface area contributed by atoms with E-state index in [9.17, 15) is 4.79 Å². The minimum Gasteiger partial charge on any atom is -0.444 e. The zero-order chi connectivity index (χ0) is 17.6. The molecular formula is C20H25N3O2. The van der Waals surface area contributed by atoms with Crippen LogP contribution < -0.4 is 0 Å². The zero-order valence-corrected chi connectivity index (χ0v) is 15.1. The van der Waals surface area contributed by atoms with Crippen LogP contribution in [0.15, 0.2) is 36.8 Å². The van der Waals surface area contributed by atoms with Gasteiger partial charge in [-0.3, -0.25) is 4.90 Å². The molecule has 2 bridgehead atoms. The standard InChI is InChI=1S/C20H25N3O2/c1-20(2,3)25-19(24)23-16-5-4-6-17(23)12-15(11-16)14-7-9-22-10-8-21-18(22)13-14/h7-11,13,16-17H,4-6,12H2,1-3H3. The Labute approximate surface area is 148 Å². The number of pyridine rings is 1. The molecule has 5 heteroatoms. The molecule has 132 valence electrons. The Balaban J connectivity index is 1.63. The summed E-state index contributed by atoms with van der Waals surface area (Å²) in [6, 6.07) is 4.63. The first-order valence-corrected chi connectivity index (χ1v) is 9.06. The Morgan fingerprint density at radius 1 is 1.28 bits per heavy atom. The van der Waals surface area contributed by atoms with E-state index in [4.69, 9.17) is 4.74 Å². The van der Waals surface area contributed by atoms with Gasteiger partial charge in [-0.15, -0.1) is 0 Å². The van der Waals surface area contributed by atoms with Crippen molar-refractivity contribution in [1.29, 1.82) is 0 Å². The highest BCUT2D eigenvalue weighted by Crippen LogP contribution is 2.38. The highest BCUT2D eigenvalue weighted by atomic mass is 16.6. The minimum atomic E-state index is -0.457. The Morgan fingerprint density at radius 2 is 2.12 bits per heavy atom. The van der Waals surface area contributed by atoms with Gasteiger partial charge in [0.15, 0.2) is 0 Å². The van der Waals surface area contributed by atoms with E-state index in [1.807, 2.05) is 42.5 Å². The molecule has 2 unspecified atom stereocenters. The fourth-order valence-corrected chi connectivity index (χ4v) is 3.95. The molecular weight excluding hydrogens is 314 g/mol. The van der Waals surface area contributed by atoms with E-state index in [1.165, 1.54) is 11.1 Å². The van der Waals surface area contributed by atoms with Gasteiger partial charge in [-0.2, -0.15) is 0 Å². The van der Waals surface area contributed by atoms with Crippen molar-refractivity contribution in [2.75, 3.05) is 0 Å². The molecule has 1 saturated heterocycles. The maximum absolute atomic E-state index is 12.7. The van der Waals surface area contributed by atoms with E-state index in [-0.39, 0.29) is 18.2 Å². The van der Waals surface area contributed by atoms with Gasteiger partial charge in [0.2, 0.25) is 0 Å². The Bertz CT molecular complexity index is 831. The molecule has 1 amide bonds. The van der Waals surface area contributed by atoms with Crippen LogP contribution in [0.1, 0.15) is 52.0 Å². The topological polar surface area (TPSA) is 46.8 Å². The summed E-state index contributed by atoms with van der Waals surface area (Å²) in [5, 5.41) is 0. The smallest absolute Gasteiger partial charge is 0.411 e. The largest absolute Gasteiger partial charge is 0.444 e. The van der Waals surface area contributed by atoms with E-state index in [0.29, 0.717) is 0 Å². The lowest BCUT2D eigenvalue weighted by molar-refractivity contribution is 0.0000851. The summed E-state index contributed by atoms with van der Waals surface area (Å²) in [5.74, 6) is 0. The molecule has 0 spiro atoms. The van der Waals surface area contributed by atoms with Gasteiger partial charge in [0.25, 0.3) is 0 Å². The third-order valence-electron chi connectivity index (χ3n) is 5.01. The second-order valence-electron chi connectivity index (χ2n) is 8.04. The molecule has 5 nitrogen and oxygen atoms in total. The number of amides is 1. The van der Waals surface area contributed by atoms with Gasteiger partial charge >= 0.3 is 6.09 Å². The van der Waals surface area contributed by atoms with Crippen LogP contribution in [0, 0.1) is 0 Å². The maximum Gasteiger partial charge on any atom is 0.411 e. The van der Waals surface area contributed by atoms with Crippen molar-refractivity contribution in [3.63, 3.8) is 0 Å². The highest BCUT2D eigenvalue weighted by Gasteiger charge is 2.39. The van der Waals surface area contributed by atoms with E-state index in [0.717, 1.165) is 31.3 Å². The molecule has 2 aromatic rings. The molecule has 0 aromatic carbocycles. The highest BCUT2D eigenvalue weighted by molar-refractivity contribution is 5.75. The van der Waals surface area contributed by atoms with Gasteiger partial charge in [0.1, 0.15) is 11.2 Å².